The Kier molecular flexibility index (Phi) is 7.63. The van der Waals surface area contributed by atoms with Crippen LogP contribution in [0.25, 0.3) is 11.1 Å². The molecule has 0 unspecified atom stereocenters. The molecule has 1 N–H and O–H groups in total. The minimum absolute atomic E-state index is 0.283. The van der Waals surface area contributed by atoms with E-state index in [1.54, 1.807) is 12.1 Å². The predicted molar refractivity (Wildman–Crippen MR) is 127 cm³/mol. The summed E-state index contributed by atoms with van der Waals surface area (Å²) >= 11 is 0. The summed E-state index contributed by atoms with van der Waals surface area (Å²) in [7, 11) is 4.05. The van der Waals surface area contributed by atoms with Crippen LogP contribution in [-0.4, -0.2) is 43.2 Å². The van der Waals surface area contributed by atoms with Gasteiger partial charge in [0.15, 0.2) is 0 Å². The van der Waals surface area contributed by atoms with Crippen molar-refractivity contribution in [2.75, 3.05) is 27.2 Å². The maximum atomic E-state index is 11.3. The van der Waals surface area contributed by atoms with Gasteiger partial charge < -0.3 is 14.7 Å². The molecule has 3 rings (SSSR count). The smallest absolute Gasteiger partial charge is 0.335 e. The van der Waals surface area contributed by atoms with E-state index in [2.05, 4.69) is 36.1 Å². The van der Waals surface area contributed by atoms with Crippen LogP contribution in [0.2, 0.25) is 0 Å². The zero-order valence-corrected chi connectivity index (χ0v) is 18.3. The number of nitrogens with zero attached hydrogens (tertiary/aromatic N) is 1. The molecule has 0 bridgehead atoms. The Balaban J connectivity index is 2.04. The third-order valence-corrected chi connectivity index (χ3v) is 5.15. The van der Waals surface area contributed by atoms with Gasteiger partial charge in [-0.15, -0.1) is 0 Å². The normalized spacial score (nSPS) is 11.9. The first kappa shape index (κ1) is 22.3. The molecular weight excluding hydrogens is 386 g/mol. The first-order valence-corrected chi connectivity index (χ1v) is 10.5. The molecule has 0 saturated carbocycles. The van der Waals surface area contributed by atoms with Crippen molar-refractivity contribution in [3.63, 3.8) is 0 Å². The van der Waals surface area contributed by atoms with Crippen molar-refractivity contribution < 1.29 is 14.6 Å². The molecule has 160 valence electrons. The van der Waals surface area contributed by atoms with E-state index in [0.717, 1.165) is 41.0 Å². The molecule has 3 aromatic rings. The largest absolute Gasteiger partial charge is 0.492 e. The summed E-state index contributed by atoms with van der Waals surface area (Å²) in [6.45, 7) is 3.64. The van der Waals surface area contributed by atoms with Crippen molar-refractivity contribution in [3.05, 3.63) is 101 Å². The lowest BCUT2D eigenvalue weighted by atomic mass is 9.88. The summed E-state index contributed by atoms with van der Waals surface area (Å²) in [6, 6.07) is 25.6. The van der Waals surface area contributed by atoms with Gasteiger partial charge in [0.1, 0.15) is 12.4 Å². The Bertz CT molecular complexity index is 1020. The number of carbonyl (C=O) groups is 1. The molecule has 3 aromatic carbocycles. The lowest BCUT2D eigenvalue weighted by Crippen LogP contribution is -2.19. The molecule has 0 aliphatic rings. The lowest BCUT2D eigenvalue weighted by Gasteiger charge is -2.17. The molecule has 0 aliphatic heterocycles. The zero-order chi connectivity index (χ0) is 22.2. The average molecular weight is 416 g/mol. The highest BCUT2D eigenvalue weighted by atomic mass is 16.5. The van der Waals surface area contributed by atoms with Crippen molar-refractivity contribution in [1.29, 1.82) is 0 Å². The van der Waals surface area contributed by atoms with Crippen LogP contribution in [0.3, 0.4) is 0 Å². The fourth-order valence-corrected chi connectivity index (χ4v) is 3.52. The van der Waals surface area contributed by atoms with Crippen LogP contribution in [0.4, 0.5) is 0 Å². The number of benzene rings is 3. The van der Waals surface area contributed by atoms with Gasteiger partial charge in [0.25, 0.3) is 0 Å². The number of carboxylic acids is 1. The molecule has 0 fully saturated rings. The van der Waals surface area contributed by atoms with Gasteiger partial charge in [-0.1, -0.05) is 61.5 Å². The fourth-order valence-electron chi connectivity index (χ4n) is 3.52. The Morgan fingerprint density at radius 1 is 0.806 bits per heavy atom. The third-order valence-electron chi connectivity index (χ3n) is 5.15. The highest BCUT2D eigenvalue weighted by Crippen LogP contribution is 2.35. The zero-order valence-electron chi connectivity index (χ0n) is 18.3. The molecule has 31 heavy (non-hydrogen) atoms. The van der Waals surface area contributed by atoms with Crippen LogP contribution in [0.1, 0.15) is 40.4 Å². The maximum absolute atomic E-state index is 11.3. The summed E-state index contributed by atoms with van der Waals surface area (Å²) in [5.41, 5.74) is 5.82. The molecule has 0 saturated heterocycles. The van der Waals surface area contributed by atoms with Crippen LogP contribution in [0, 0.1) is 0 Å². The minimum atomic E-state index is -0.921. The number of rotatable bonds is 9. The van der Waals surface area contributed by atoms with Crippen LogP contribution in [-0.2, 0) is 0 Å². The lowest BCUT2D eigenvalue weighted by molar-refractivity contribution is 0.0697. The van der Waals surface area contributed by atoms with Gasteiger partial charge in [0.2, 0.25) is 0 Å². The highest BCUT2D eigenvalue weighted by molar-refractivity contribution is 5.99. The molecule has 0 atom stereocenters. The van der Waals surface area contributed by atoms with Crippen molar-refractivity contribution in [1.82, 2.24) is 4.90 Å². The molecular formula is C27H29NO3. The number of allylic oxidation sites excluding steroid dienone is 1. The molecule has 0 aromatic heterocycles. The molecule has 0 radical (unpaired) electrons. The van der Waals surface area contributed by atoms with E-state index in [-0.39, 0.29) is 5.56 Å². The maximum Gasteiger partial charge on any atom is 0.335 e. The number of ether oxygens (including phenoxy) is 1. The van der Waals surface area contributed by atoms with Crippen LogP contribution in [0.15, 0.2) is 78.9 Å². The Morgan fingerprint density at radius 2 is 1.35 bits per heavy atom. The van der Waals surface area contributed by atoms with E-state index >= 15 is 0 Å². The van der Waals surface area contributed by atoms with Gasteiger partial charge in [-0.25, -0.2) is 4.79 Å². The Morgan fingerprint density at radius 3 is 1.87 bits per heavy atom. The van der Waals surface area contributed by atoms with Gasteiger partial charge in [-0.3, -0.25) is 0 Å². The number of carboxylic acid groups (broad SMARTS) is 1. The van der Waals surface area contributed by atoms with E-state index < -0.39 is 5.97 Å². The highest BCUT2D eigenvalue weighted by Gasteiger charge is 2.14. The second-order valence-corrected chi connectivity index (χ2v) is 7.63. The first-order chi connectivity index (χ1) is 15.0. The van der Waals surface area contributed by atoms with E-state index in [1.807, 2.05) is 56.6 Å². The van der Waals surface area contributed by atoms with Crippen LogP contribution in [0.5, 0.6) is 5.75 Å². The van der Waals surface area contributed by atoms with E-state index in [1.165, 1.54) is 5.57 Å². The third kappa shape index (κ3) is 5.83. The van der Waals surface area contributed by atoms with Crippen molar-refractivity contribution in [2.45, 2.75) is 13.3 Å². The second kappa shape index (κ2) is 10.6. The topological polar surface area (TPSA) is 49.8 Å². The monoisotopic (exact) mass is 415 g/mol. The van der Waals surface area contributed by atoms with Gasteiger partial charge in [0, 0.05) is 6.54 Å². The Labute approximate surface area is 184 Å². The number of aromatic carboxylic acids is 1. The minimum Gasteiger partial charge on any atom is -0.492 e. The second-order valence-electron chi connectivity index (χ2n) is 7.63. The number of hydrogen-bond donors (Lipinski definition) is 1. The Hall–Kier alpha value is -3.37. The van der Waals surface area contributed by atoms with Crippen LogP contribution >= 0.6 is 0 Å². The van der Waals surface area contributed by atoms with Crippen molar-refractivity contribution in [2.24, 2.45) is 0 Å². The average Bonchev–Trinajstić information content (AvgIpc) is 2.78. The van der Waals surface area contributed by atoms with Gasteiger partial charge in [-0.2, -0.15) is 0 Å². The summed E-state index contributed by atoms with van der Waals surface area (Å²) in [5.74, 6) is -0.0842. The number of likely N-dealkylation sites (N-methyl/N-ethyl adjacent to an activating group) is 1. The van der Waals surface area contributed by atoms with E-state index in [0.29, 0.717) is 6.61 Å². The molecule has 4 heteroatoms. The quantitative estimate of drug-likeness (QED) is 0.456. The SMILES string of the molecule is CCC(=C(c1ccc(OCCN(C)C)cc1)c1ccc(C(=O)O)cc1)c1ccccc1. The molecule has 0 amide bonds. The molecule has 0 aliphatic carbocycles. The first-order valence-electron chi connectivity index (χ1n) is 10.5. The summed E-state index contributed by atoms with van der Waals surface area (Å²) < 4.78 is 5.85. The summed E-state index contributed by atoms with van der Waals surface area (Å²) in [5, 5.41) is 9.27. The van der Waals surface area contributed by atoms with Crippen molar-refractivity contribution in [3.8, 4) is 5.75 Å². The molecule has 4 nitrogen and oxygen atoms in total. The molecule has 0 spiro atoms. The van der Waals surface area contributed by atoms with E-state index in [4.69, 9.17) is 4.74 Å². The fraction of sp³-hybridized carbons (Fsp3) is 0.222. The van der Waals surface area contributed by atoms with E-state index in [9.17, 15) is 9.90 Å². The summed E-state index contributed by atoms with van der Waals surface area (Å²) in [4.78, 5) is 13.4. The van der Waals surface area contributed by atoms with Gasteiger partial charge in [0.05, 0.1) is 5.56 Å². The van der Waals surface area contributed by atoms with Crippen molar-refractivity contribution >= 4 is 17.1 Å². The van der Waals surface area contributed by atoms with Crippen LogP contribution < -0.4 is 4.74 Å². The predicted octanol–water partition coefficient (Wildman–Crippen LogP) is 5.69. The number of hydrogen-bond acceptors (Lipinski definition) is 3. The van der Waals surface area contributed by atoms with Gasteiger partial charge in [-0.05, 0) is 72.6 Å². The van der Waals surface area contributed by atoms with Gasteiger partial charge >= 0.3 is 5.97 Å². The standard InChI is InChI=1S/C27H29NO3/c1-4-25(20-8-6-5-7-9-20)26(21-10-12-23(13-11-21)27(29)30)22-14-16-24(17-15-22)31-19-18-28(2)3/h5-17H,4,18-19H2,1-3H3,(H,29,30). The molecule has 0 heterocycles. The summed E-state index contributed by atoms with van der Waals surface area (Å²) in [6.07, 6.45) is 0.848.